The van der Waals surface area contributed by atoms with Crippen LogP contribution >= 0.6 is 23.5 Å². The molecule has 0 saturated carbocycles. The van der Waals surface area contributed by atoms with Gasteiger partial charge in [-0.1, -0.05) is 34.6 Å². The number of H-pyrrole nitrogens is 1. The monoisotopic (exact) mass is 434 g/mol. The highest BCUT2D eigenvalue weighted by Crippen LogP contribution is 2.38. The molecule has 4 N–H and O–H groups in total. The summed E-state index contributed by atoms with van der Waals surface area (Å²) in [5.74, 6) is 4.18. The molecule has 12 heteroatoms. The summed E-state index contributed by atoms with van der Waals surface area (Å²) in [6.45, 7) is 10.4. The molecule has 0 bridgehead atoms. The zero-order valence-corrected chi connectivity index (χ0v) is 18.9. The molecule has 3 aromatic rings. The number of hydrogen-bond acceptors (Lipinski definition) is 9. The van der Waals surface area contributed by atoms with E-state index in [1.54, 1.807) is 28.2 Å². The van der Waals surface area contributed by atoms with Crippen LogP contribution in [0.4, 0.5) is 5.69 Å². The summed E-state index contributed by atoms with van der Waals surface area (Å²) in [7, 11) is 0. The van der Waals surface area contributed by atoms with E-state index in [2.05, 4.69) is 65.4 Å². The number of anilines is 1. The fraction of sp³-hybridized carbons (Fsp3) is 0.588. The summed E-state index contributed by atoms with van der Waals surface area (Å²) in [6, 6.07) is 0. The van der Waals surface area contributed by atoms with Gasteiger partial charge in [-0.15, -0.1) is 43.9 Å². The molecule has 0 spiro atoms. The van der Waals surface area contributed by atoms with Gasteiger partial charge >= 0.3 is 0 Å². The van der Waals surface area contributed by atoms with Gasteiger partial charge in [0, 0.05) is 12.3 Å². The van der Waals surface area contributed by atoms with Crippen molar-refractivity contribution in [2.75, 3.05) is 16.8 Å². The van der Waals surface area contributed by atoms with Crippen molar-refractivity contribution in [2.24, 2.45) is 10.8 Å². The summed E-state index contributed by atoms with van der Waals surface area (Å²) < 4.78 is 3.68. The molecular weight excluding hydrogens is 408 g/mol. The number of rotatable bonds is 7. The first kappa shape index (κ1) is 20.2. The molecule has 4 heterocycles. The fourth-order valence-corrected chi connectivity index (χ4v) is 4.81. The number of nitrogens with two attached hydrogens (primary N) is 1. The zero-order chi connectivity index (χ0) is 20.8. The van der Waals surface area contributed by atoms with Gasteiger partial charge in [-0.2, -0.15) is 9.78 Å². The Bertz CT molecular complexity index is 1060. The Morgan fingerprint density at radius 2 is 1.86 bits per heavy atom. The van der Waals surface area contributed by atoms with Crippen molar-refractivity contribution in [1.29, 1.82) is 0 Å². The van der Waals surface area contributed by atoms with E-state index in [0.29, 0.717) is 11.5 Å². The minimum absolute atomic E-state index is 0.184. The van der Waals surface area contributed by atoms with E-state index in [1.165, 1.54) is 0 Å². The van der Waals surface area contributed by atoms with E-state index >= 15 is 0 Å². The normalized spacial score (nSPS) is 18.7. The van der Waals surface area contributed by atoms with Crippen molar-refractivity contribution in [3.63, 3.8) is 0 Å². The van der Waals surface area contributed by atoms with Gasteiger partial charge in [0.2, 0.25) is 17.1 Å². The number of aromatic nitrogens is 7. The maximum atomic E-state index is 6.93. The molecule has 156 valence electrons. The molecule has 1 aliphatic rings. The average molecular weight is 435 g/mol. The quantitative estimate of drug-likeness (QED) is 0.382. The minimum Gasteiger partial charge on any atom is -0.350 e. The number of aromatic amines is 1. The highest BCUT2D eigenvalue weighted by molar-refractivity contribution is 8.14. The number of thioether (sulfide) groups is 2. The lowest BCUT2D eigenvalue weighted by molar-refractivity contribution is 0.633. The van der Waals surface area contributed by atoms with Crippen LogP contribution in [0.15, 0.2) is 10.1 Å². The molecule has 0 aromatic carbocycles. The standard InChI is InChI=1S/C17H26N10S2/c1-6-10-20-22-13-11(14(28-7-2)24-26(10)13)19-17(18)15-23-21-12(9(4)5)27(15)25-16(17)29-8-3/h9,19,24H,6-8,18H2,1-5H3. The van der Waals surface area contributed by atoms with Gasteiger partial charge in [0.05, 0.1) is 0 Å². The summed E-state index contributed by atoms with van der Waals surface area (Å²) >= 11 is 3.29. The van der Waals surface area contributed by atoms with Crippen LogP contribution < -0.4 is 11.1 Å². The first-order valence-electron chi connectivity index (χ1n) is 9.78. The van der Waals surface area contributed by atoms with Crippen LogP contribution in [0.2, 0.25) is 0 Å². The lowest BCUT2D eigenvalue weighted by Crippen LogP contribution is -2.49. The van der Waals surface area contributed by atoms with Gasteiger partial charge in [0.15, 0.2) is 11.6 Å². The lowest BCUT2D eigenvalue weighted by atomic mass is 10.1. The predicted molar refractivity (Wildman–Crippen MR) is 118 cm³/mol. The third kappa shape index (κ3) is 3.13. The second kappa shape index (κ2) is 7.65. The molecule has 10 nitrogen and oxygen atoms in total. The zero-order valence-electron chi connectivity index (χ0n) is 17.2. The summed E-state index contributed by atoms with van der Waals surface area (Å²) in [6.07, 6.45) is 0.773. The van der Waals surface area contributed by atoms with Crippen LogP contribution in [0.5, 0.6) is 0 Å². The molecule has 3 aromatic heterocycles. The first-order chi connectivity index (χ1) is 13.9. The topological polar surface area (TPSA) is 127 Å². The van der Waals surface area contributed by atoms with Gasteiger partial charge in [-0.25, -0.2) is 4.52 Å². The SMILES string of the molecule is CCSC1=Nn2c(C(C)C)nnc2C1(N)Nc1c(SCC)[nH]n2c(CC)nnc12. The number of nitrogens with one attached hydrogen (secondary N) is 2. The summed E-state index contributed by atoms with van der Waals surface area (Å²) in [5.41, 5.74) is 7.36. The average Bonchev–Trinajstić information content (AvgIpc) is 3.40. The largest absolute Gasteiger partial charge is 0.350 e. The van der Waals surface area contributed by atoms with E-state index in [-0.39, 0.29) is 5.92 Å². The van der Waals surface area contributed by atoms with Crippen molar-refractivity contribution >= 4 is 39.9 Å². The van der Waals surface area contributed by atoms with Crippen LogP contribution in [0, 0.1) is 0 Å². The van der Waals surface area contributed by atoms with E-state index < -0.39 is 5.66 Å². The number of nitrogens with zero attached hydrogens (tertiary/aromatic N) is 7. The molecule has 0 fully saturated rings. The van der Waals surface area contributed by atoms with Crippen molar-refractivity contribution in [2.45, 2.75) is 57.6 Å². The fourth-order valence-electron chi connectivity index (χ4n) is 3.29. The Morgan fingerprint density at radius 3 is 2.52 bits per heavy atom. The molecule has 0 aliphatic carbocycles. The third-order valence-corrected chi connectivity index (χ3v) is 6.50. The highest BCUT2D eigenvalue weighted by Gasteiger charge is 2.46. The molecular formula is C17H26N10S2. The molecule has 1 atom stereocenters. The molecule has 0 saturated heterocycles. The maximum Gasteiger partial charge on any atom is 0.201 e. The Kier molecular flexibility index (Phi) is 5.34. The van der Waals surface area contributed by atoms with Crippen molar-refractivity contribution in [3.05, 3.63) is 17.5 Å². The molecule has 0 radical (unpaired) electrons. The molecule has 0 amide bonds. The van der Waals surface area contributed by atoms with Gasteiger partial charge < -0.3 is 5.32 Å². The maximum absolute atomic E-state index is 6.93. The van der Waals surface area contributed by atoms with Gasteiger partial charge in [0.1, 0.15) is 15.8 Å². The first-order valence-corrected chi connectivity index (χ1v) is 11.7. The van der Waals surface area contributed by atoms with Crippen molar-refractivity contribution < 1.29 is 0 Å². The van der Waals surface area contributed by atoms with Crippen molar-refractivity contribution in [1.82, 2.24) is 34.7 Å². The predicted octanol–water partition coefficient (Wildman–Crippen LogP) is 2.60. The number of aryl methyl sites for hydroxylation is 1. The van der Waals surface area contributed by atoms with E-state index in [9.17, 15) is 0 Å². The van der Waals surface area contributed by atoms with Crippen LogP contribution in [-0.2, 0) is 12.1 Å². The third-order valence-electron chi connectivity index (χ3n) is 4.66. The smallest absolute Gasteiger partial charge is 0.201 e. The van der Waals surface area contributed by atoms with E-state index in [0.717, 1.165) is 45.3 Å². The molecule has 1 unspecified atom stereocenters. The van der Waals surface area contributed by atoms with Crippen LogP contribution in [0.1, 0.15) is 58.0 Å². The molecule has 29 heavy (non-hydrogen) atoms. The second-order valence-corrected chi connectivity index (χ2v) is 9.52. The molecule has 4 rings (SSSR count). The second-order valence-electron chi connectivity index (χ2n) is 7.00. The minimum atomic E-state index is -1.09. The Labute approximate surface area is 177 Å². The lowest BCUT2D eigenvalue weighted by Gasteiger charge is -2.25. The number of fused-ring (bicyclic) bond motifs is 2. The van der Waals surface area contributed by atoms with Crippen LogP contribution in [0.3, 0.4) is 0 Å². The van der Waals surface area contributed by atoms with E-state index in [1.807, 2.05) is 4.52 Å². The Morgan fingerprint density at radius 1 is 1.10 bits per heavy atom. The van der Waals surface area contributed by atoms with Gasteiger partial charge in [-0.3, -0.25) is 10.8 Å². The summed E-state index contributed by atoms with van der Waals surface area (Å²) in [4.78, 5) is 0. The highest BCUT2D eigenvalue weighted by atomic mass is 32.2. The van der Waals surface area contributed by atoms with Crippen LogP contribution in [0.25, 0.3) is 5.65 Å². The number of hydrogen-bond donors (Lipinski definition) is 3. The molecule has 1 aliphatic heterocycles. The summed E-state index contributed by atoms with van der Waals surface area (Å²) in [5, 5.41) is 30.8. The Hall–Kier alpha value is -2.05. The Balaban J connectivity index is 1.84. The van der Waals surface area contributed by atoms with Crippen LogP contribution in [-0.4, -0.2) is 51.2 Å². The van der Waals surface area contributed by atoms with E-state index in [4.69, 9.17) is 10.8 Å². The van der Waals surface area contributed by atoms with Gasteiger partial charge in [-0.05, 0) is 11.5 Å². The van der Waals surface area contributed by atoms with Crippen molar-refractivity contribution in [3.8, 4) is 0 Å². The van der Waals surface area contributed by atoms with Gasteiger partial charge in [0.25, 0.3) is 0 Å².